The van der Waals surface area contributed by atoms with Gasteiger partial charge in [0.25, 0.3) is 0 Å². The number of H-pyrrole nitrogens is 1. The third kappa shape index (κ3) is 4.15. The molecule has 3 heterocycles. The molecule has 1 aliphatic heterocycles. The fraction of sp³-hybridized carbons (Fsp3) is 0.333. The number of benzene rings is 1. The molecule has 28 heavy (non-hydrogen) atoms. The first-order valence-corrected chi connectivity index (χ1v) is 11.2. The van der Waals surface area contributed by atoms with Gasteiger partial charge in [0.1, 0.15) is 5.69 Å². The molecule has 1 saturated heterocycles. The second kappa shape index (κ2) is 7.85. The molecule has 0 saturated carbocycles. The van der Waals surface area contributed by atoms with E-state index in [4.69, 9.17) is 4.74 Å². The molecule has 4 rings (SSSR count). The Morgan fingerprint density at radius 3 is 2.64 bits per heavy atom. The van der Waals surface area contributed by atoms with E-state index in [0.29, 0.717) is 10.8 Å². The molecule has 0 bridgehead atoms. The van der Waals surface area contributed by atoms with E-state index < -0.39 is 9.84 Å². The monoisotopic (exact) mass is 397 g/mol. The van der Waals surface area contributed by atoms with Crippen LogP contribution in [0.25, 0.3) is 11.4 Å². The van der Waals surface area contributed by atoms with Crippen molar-refractivity contribution >= 4 is 9.84 Å². The quantitative estimate of drug-likeness (QED) is 0.689. The summed E-state index contributed by atoms with van der Waals surface area (Å²) in [4.78, 5) is 12.3. The maximum Gasteiger partial charge on any atom is 0.175 e. The number of ether oxygens (including phenoxy) is 1. The first kappa shape index (κ1) is 18.8. The zero-order valence-corrected chi connectivity index (χ0v) is 16.5. The van der Waals surface area contributed by atoms with Gasteiger partial charge in [-0.3, -0.25) is 9.97 Å². The van der Waals surface area contributed by atoms with Gasteiger partial charge in [0.05, 0.1) is 16.8 Å². The van der Waals surface area contributed by atoms with Crippen LogP contribution in [-0.2, 0) is 14.6 Å². The van der Waals surface area contributed by atoms with Crippen LogP contribution in [0.1, 0.15) is 30.0 Å². The lowest BCUT2D eigenvalue weighted by Gasteiger charge is -2.20. The highest BCUT2D eigenvalue weighted by atomic mass is 32.2. The Balaban J connectivity index is 1.67. The molecule has 1 aromatic carbocycles. The van der Waals surface area contributed by atoms with Gasteiger partial charge < -0.3 is 9.72 Å². The van der Waals surface area contributed by atoms with Gasteiger partial charge in [-0.15, -0.1) is 0 Å². The van der Waals surface area contributed by atoms with Crippen molar-refractivity contribution in [3.05, 3.63) is 66.2 Å². The van der Waals surface area contributed by atoms with Crippen molar-refractivity contribution in [1.82, 2.24) is 15.0 Å². The third-order valence-electron chi connectivity index (χ3n) is 5.23. The molecule has 2 atom stereocenters. The summed E-state index contributed by atoms with van der Waals surface area (Å²) in [6.07, 6.45) is 8.28. The molecule has 7 heteroatoms. The van der Waals surface area contributed by atoms with Gasteiger partial charge >= 0.3 is 0 Å². The van der Waals surface area contributed by atoms with Crippen LogP contribution in [-0.4, -0.2) is 42.8 Å². The standard InChI is InChI=1S/C21H23N3O3S/c1-28(25,26)17-4-2-16(3-5-17)18(12-15-8-11-27-14-15)19-6-7-20(24-19)21-13-22-9-10-23-21/h2-7,9-10,13,15,18,24H,8,11-12,14H2,1H3. The molecule has 2 unspecified atom stereocenters. The Kier molecular flexibility index (Phi) is 5.28. The van der Waals surface area contributed by atoms with Crippen molar-refractivity contribution in [1.29, 1.82) is 0 Å². The largest absolute Gasteiger partial charge is 0.381 e. The molecular weight excluding hydrogens is 374 g/mol. The molecule has 2 aromatic heterocycles. The number of aromatic amines is 1. The van der Waals surface area contributed by atoms with Crippen molar-refractivity contribution in [2.45, 2.75) is 23.7 Å². The number of sulfone groups is 1. The van der Waals surface area contributed by atoms with Crippen LogP contribution >= 0.6 is 0 Å². The van der Waals surface area contributed by atoms with Crippen molar-refractivity contribution in [2.24, 2.45) is 5.92 Å². The minimum absolute atomic E-state index is 0.130. The topological polar surface area (TPSA) is 84.9 Å². The van der Waals surface area contributed by atoms with Gasteiger partial charge in [-0.1, -0.05) is 12.1 Å². The highest BCUT2D eigenvalue weighted by molar-refractivity contribution is 7.90. The van der Waals surface area contributed by atoms with Crippen molar-refractivity contribution < 1.29 is 13.2 Å². The van der Waals surface area contributed by atoms with Gasteiger partial charge in [-0.05, 0) is 48.6 Å². The fourth-order valence-corrected chi connectivity index (χ4v) is 4.33. The van der Waals surface area contributed by atoms with Crippen LogP contribution in [0.4, 0.5) is 0 Å². The first-order chi connectivity index (χ1) is 13.5. The summed E-state index contributed by atoms with van der Waals surface area (Å²) in [6, 6.07) is 11.3. The van der Waals surface area contributed by atoms with Gasteiger partial charge in [0, 0.05) is 43.5 Å². The van der Waals surface area contributed by atoms with Crippen molar-refractivity contribution in [3.63, 3.8) is 0 Å². The van der Waals surface area contributed by atoms with Gasteiger partial charge in [-0.2, -0.15) is 0 Å². The van der Waals surface area contributed by atoms with E-state index in [-0.39, 0.29) is 5.92 Å². The second-order valence-electron chi connectivity index (χ2n) is 7.28. The maximum absolute atomic E-state index is 11.8. The van der Waals surface area contributed by atoms with Gasteiger partial charge in [0.15, 0.2) is 9.84 Å². The Bertz CT molecular complexity index is 1020. The van der Waals surface area contributed by atoms with E-state index in [9.17, 15) is 8.42 Å². The number of aromatic nitrogens is 3. The number of nitrogens with zero attached hydrogens (tertiary/aromatic N) is 2. The summed E-state index contributed by atoms with van der Waals surface area (Å²) < 4.78 is 29.1. The fourth-order valence-electron chi connectivity index (χ4n) is 3.70. The molecule has 146 valence electrons. The Labute approximate surface area is 164 Å². The Morgan fingerprint density at radius 2 is 2.00 bits per heavy atom. The molecule has 0 spiro atoms. The average Bonchev–Trinajstić information content (AvgIpc) is 3.38. The van der Waals surface area contributed by atoms with Crippen LogP contribution in [0.3, 0.4) is 0 Å². The molecule has 0 amide bonds. The van der Waals surface area contributed by atoms with E-state index in [2.05, 4.69) is 21.0 Å². The van der Waals surface area contributed by atoms with Crippen molar-refractivity contribution in [2.75, 3.05) is 19.5 Å². The summed E-state index contributed by atoms with van der Waals surface area (Å²) in [7, 11) is -3.21. The van der Waals surface area contributed by atoms with E-state index >= 15 is 0 Å². The zero-order valence-electron chi connectivity index (χ0n) is 15.7. The lowest BCUT2D eigenvalue weighted by Crippen LogP contribution is -2.10. The summed E-state index contributed by atoms with van der Waals surface area (Å²) in [5, 5.41) is 0. The van der Waals surface area contributed by atoms with Crippen LogP contribution in [0.5, 0.6) is 0 Å². The predicted molar refractivity (Wildman–Crippen MR) is 107 cm³/mol. The van der Waals surface area contributed by atoms with E-state index in [1.165, 1.54) is 6.26 Å². The molecule has 0 aliphatic carbocycles. The summed E-state index contributed by atoms with van der Waals surface area (Å²) in [6.45, 7) is 1.58. The Hall–Kier alpha value is -2.51. The minimum Gasteiger partial charge on any atom is -0.381 e. The summed E-state index contributed by atoms with van der Waals surface area (Å²) in [5.41, 5.74) is 3.89. The van der Waals surface area contributed by atoms with Crippen molar-refractivity contribution in [3.8, 4) is 11.4 Å². The molecule has 0 radical (unpaired) electrons. The second-order valence-corrected chi connectivity index (χ2v) is 9.29. The van der Waals surface area contributed by atoms with Gasteiger partial charge in [-0.25, -0.2) is 8.42 Å². The molecule has 3 aromatic rings. The highest BCUT2D eigenvalue weighted by Crippen LogP contribution is 2.35. The number of nitrogens with one attached hydrogen (secondary N) is 1. The Morgan fingerprint density at radius 1 is 1.18 bits per heavy atom. The van der Waals surface area contributed by atoms with Gasteiger partial charge in [0.2, 0.25) is 0 Å². The molecule has 1 fully saturated rings. The third-order valence-corrected chi connectivity index (χ3v) is 6.36. The van der Waals surface area contributed by atoms with E-state index in [0.717, 1.165) is 48.7 Å². The summed E-state index contributed by atoms with van der Waals surface area (Å²) in [5.74, 6) is 0.619. The first-order valence-electron chi connectivity index (χ1n) is 9.34. The van der Waals surface area contributed by atoms with Crippen LogP contribution in [0.2, 0.25) is 0 Å². The average molecular weight is 398 g/mol. The van der Waals surface area contributed by atoms with E-state index in [1.54, 1.807) is 30.7 Å². The molecule has 1 aliphatic rings. The normalized spacial score (nSPS) is 18.2. The smallest absolute Gasteiger partial charge is 0.175 e. The maximum atomic E-state index is 11.8. The lowest BCUT2D eigenvalue weighted by atomic mass is 9.86. The molecular formula is C21H23N3O3S. The van der Waals surface area contributed by atoms with E-state index in [1.807, 2.05) is 18.2 Å². The summed E-state index contributed by atoms with van der Waals surface area (Å²) >= 11 is 0. The highest BCUT2D eigenvalue weighted by Gasteiger charge is 2.25. The van der Waals surface area contributed by atoms with Crippen LogP contribution in [0.15, 0.2) is 59.9 Å². The minimum atomic E-state index is -3.21. The zero-order chi connectivity index (χ0) is 19.6. The number of hydrogen-bond acceptors (Lipinski definition) is 5. The molecule has 6 nitrogen and oxygen atoms in total. The lowest BCUT2D eigenvalue weighted by molar-refractivity contribution is 0.183. The van der Waals surface area contributed by atoms with Crippen LogP contribution < -0.4 is 0 Å². The molecule has 1 N–H and O–H groups in total. The predicted octanol–water partition coefficient (Wildman–Crippen LogP) is 3.43. The number of hydrogen-bond donors (Lipinski definition) is 1. The van der Waals surface area contributed by atoms with Crippen LogP contribution in [0, 0.1) is 5.92 Å². The number of rotatable bonds is 6. The SMILES string of the molecule is CS(=O)(=O)c1ccc(C(CC2CCOC2)c2ccc(-c3cnccn3)[nH]2)cc1.